The lowest BCUT2D eigenvalue weighted by atomic mass is 10.1. The maximum absolute atomic E-state index is 12.6. The Hall–Kier alpha value is -3.06. The third kappa shape index (κ3) is 4.26. The fraction of sp³-hybridized carbons (Fsp3) is 0.391. The smallest absolute Gasteiger partial charge is 0.265 e. The normalized spacial score (nSPS) is 16.8. The standard InChI is InChI=1S/C23H28N4O3/c1-3-25-10-12-26(13-11-25)19-9-8-18(14-17(19)2)24-22(28)15-27-20-6-4-5-7-21(20)30-16-23(27)29/h4-9,14H,3,10-13,15-16H2,1-2H3,(H,24,28). The van der Waals surface area contributed by atoms with Crippen LogP contribution in [0.25, 0.3) is 0 Å². The number of fused-ring (bicyclic) bond motifs is 1. The highest BCUT2D eigenvalue weighted by Crippen LogP contribution is 2.31. The summed E-state index contributed by atoms with van der Waals surface area (Å²) in [5.74, 6) is 0.165. The van der Waals surface area contributed by atoms with E-state index in [-0.39, 0.29) is 25.0 Å². The topological polar surface area (TPSA) is 65.1 Å². The third-order valence-electron chi connectivity index (χ3n) is 5.75. The van der Waals surface area contributed by atoms with Crippen LogP contribution < -0.4 is 19.9 Å². The molecule has 2 aliphatic rings. The van der Waals surface area contributed by atoms with Crippen LogP contribution in [0.4, 0.5) is 17.1 Å². The summed E-state index contributed by atoms with van der Waals surface area (Å²) >= 11 is 0. The number of likely N-dealkylation sites (N-methyl/N-ethyl adjacent to an activating group) is 1. The largest absolute Gasteiger partial charge is 0.482 e. The molecule has 7 heteroatoms. The van der Waals surface area contributed by atoms with Crippen LogP contribution in [0.5, 0.6) is 5.75 Å². The van der Waals surface area contributed by atoms with Gasteiger partial charge in [0.25, 0.3) is 5.91 Å². The second-order valence-electron chi connectivity index (χ2n) is 7.71. The summed E-state index contributed by atoms with van der Waals surface area (Å²) in [5.41, 5.74) is 3.70. The van der Waals surface area contributed by atoms with Crippen molar-refractivity contribution < 1.29 is 14.3 Å². The molecule has 0 unspecified atom stereocenters. The number of nitrogens with one attached hydrogen (secondary N) is 1. The highest BCUT2D eigenvalue weighted by molar-refractivity contribution is 6.05. The number of hydrogen-bond acceptors (Lipinski definition) is 5. The molecule has 2 aliphatic heterocycles. The molecule has 4 rings (SSSR count). The van der Waals surface area contributed by atoms with E-state index >= 15 is 0 Å². The average Bonchev–Trinajstić information content (AvgIpc) is 2.76. The van der Waals surface area contributed by atoms with Crippen molar-refractivity contribution in [3.05, 3.63) is 48.0 Å². The summed E-state index contributed by atoms with van der Waals surface area (Å²) < 4.78 is 5.44. The van der Waals surface area contributed by atoms with E-state index < -0.39 is 0 Å². The number of anilines is 3. The zero-order valence-corrected chi connectivity index (χ0v) is 17.6. The van der Waals surface area contributed by atoms with E-state index in [2.05, 4.69) is 35.0 Å². The van der Waals surface area contributed by atoms with Gasteiger partial charge in [-0.3, -0.25) is 14.5 Å². The molecule has 0 spiro atoms. The predicted molar refractivity (Wildman–Crippen MR) is 118 cm³/mol. The van der Waals surface area contributed by atoms with Gasteiger partial charge in [0, 0.05) is 37.6 Å². The number of carbonyl (C=O) groups excluding carboxylic acids is 2. The van der Waals surface area contributed by atoms with Gasteiger partial charge in [0.1, 0.15) is 12.3 Å². The number of aryl methyl sites for hydroxylation is 1. The van der Waals surface area contributed by atoms with E-state index in [4.69, 9.17) is 4.74 Å². The molecule has 1 saturated heterocycles. The van der Waals surface area contributed by atoms with Crippen molar-refractivity contribution in [2.24, 2.45) is 0 Å². The van der Waals surface area contributed by atoms with E-state index in [9.17, 15) is 9.59 Å². The molecule has 0 aromatic heterocycles. The molecular weight excluding hydrogens is 380 g/mol. The number of carbonyl (C=O) groups is 2. The molecular formula is C23H28N4O3. The summed E-state index contributed by atoms with van der Waals surface area (Å²) in [6, 6.07) is 13.3. The molecule has 0 aliphatic carbocycles. The van der Waals surface area contributed by atoms with Crippen LogP contribution in [0.2, 0.25) is 0 Å². The minimum atomic E-state index is -0.233. The molecule has 1 N–H and O–H groups in total. The molecule has 158 valence electrons. The quantitative estimate of drug-likeness (QED) is 0.824. The number of rotatable bonds is 5. The molecule has 0 radical (unpaired) electrons. The Morgan fingerprint density at radius 3 is 2.57 bits per heavy atom. The van der Waals surface area contributed by atoms with Gasteiger partial charge in [-0.15, -0.1) is 0 Å². The number of nitrogens with zero attached hydrogens (tertiary/aromatic N) is 3. The van der Waals surface area contributed by atoms with Crippen LogP contribution in [0.1, 0.15) is 12.5 Å². The second-order valence-corrected chi connectivity index (χ2v) is 7.71. The molecule has 1 fully saturated rings. The maximum atomic E-state index is 12.6. The van der Waals surface area contributed by atoms with Gasteiger partial charge in [0.05, 0.1) is 5.69 Å². The van der Waals surface area contributed by atoms with Gasteiger partial charge in [-0.25, -0.2) is 0 Å². The molecule has 0 bridgehead atoms. The lowest BCUT2D eigenvalue weighted by molar-refractivity contribution is -0.123. The van der Waals surface area contributed by atoms with Crippen molar-refractivity contribution in [3.63, 3.8) is 0 Å². The molecule has 0 atom stereocenters. The summed E-state index contributed by atoms with van der Waals surface area (Å²) in [5, 5.41) is 2.93. The first-order valence-corrected chi connectivity index (χ1v) is 10.4. The zero-order valence-electron chi connectivity index (χ0n) is 17.6. The first-order valence-electron chi connectivity index (χ1n) is 10.4. The summed E-state index contributed by atoms with van der Waals surface area (Å²) in [7, 11) is 0. The lowest BCUT2D eigenvalue weighted by Crippen LogP contribution is -2.46. The van der Waals surface area contributed by atoms with Crippen molar-refractivity contribution in [2.75, 3.05) is 61.0 Å². The molecule has 2 amide bonds. The lowest BCUT2D eigenvalue weighted by Gasteiger charge is -2.36. The maximum Gasteiger partial charge on any atom is 0.265 e. The summed E-state index contributed by atoms with van der Waals surface area (Å²) in [4.78, 5) is 31.2. The van der Waals surface area contributed by atoms with E-state index in [1.165, 1.54) is 10.6 Å². The number of ether oxygens (including phenoxy) is 1. The van der Waals surface area contributed by atoms with Crippen LogP contribution in [-0.2, 0) is 9.59 Å². The highest BCUT2D eigenvalue weighted by atomic mass is 16.5. The van der Waals surface area contributed by atoms with Gasteiger partial charge in [-0.2, -0.15) is 0 Å². The Morgan fingerprint density at radius 1 is 1.07 bits per heavy atom. The van der Waals surface area contributed by atoms with Crippen molar-refractivity contribution in [1.82, 2.24) is 4.90 Å². The van der Waals surface area contributed by atoms with E-state index in [0.29, 0.717) is 11.4 Å². The van der Waals surface area contributed by atoms with Gasteiger partial charge >= 0.3 is 0 Å². The third-order valence-corrected chi connectivity index (χ3v) is 5.75. The Balaban J connectivity index is 1.41. The fourth-order valence-corrected chi connectivity index (χ4v) is 4.06. The van der Waals surface area contributed by atoms with Crippen molar-refractivity contribution in [1.29, 1.82) is 0 Å². The number of benzene rings is 2. The monoisotopic (exact) mass is 408 g/mol. The van der Waals surface area contributed by atoms with Crippen molar-refractivity contribution in [3.8, 4) is 5.75 Å². The van der Waals surface area contributed by atoms with E-state index in [1.807, 2.05) is 24.3 Å². The van der Waals surface area contributed by atoms with E-state index in [1.54, 1.807) is 12.1 Å². The van der Waals surface area contributed by atoms with Crippen LogP contribution >= 0.6 is 0 Å². The summed E-state index contributed by atoms with van der Waals surface area (Å²) in [6.07, 6.45) is 0. The minimum absolute atomic E-state index is 0.0427. The van der Waals surface area contributed by atoms with E-state index in [0.717, 1.165) is 44.0 Å². The fourth-order valence-electron chi connectivity index (χ4n) is 4.06. The number of amides is 2. The predicted octanol–water partition coefficient (Wildman–Crippen LogP) is 2.50. The molecule has 7 nitrogen and oxygen atoms in total. The van der Waals surface area contributed by atoms with Crippen LogP contribution in [-0.4, -0.2) is 62.6 Å². The molecule has 2 aromatic carbocycles. The Kier molecular flexibility index (Phi) is 5.90. The molecule has 30 heavy (non-hydrogen) atoms. The van der Waals surface area contributed by atoms with Gasteiger partial charge in [-0.05, 0) is 49.4 Å². The Labute approximate surface area is 177 Å². The first kappa shape index (κ1) is 20.2. The second kappa shape index (κ2) is 8.75. The van der Waals surface area contributed by atoms with Gasteiger partial charge in [0.15, 0.2) is 6.61 Å². The van der Waals surface area contributed by atoms with Gasteiger partial charge in [0.2, 0.25) is 5.91 Å². The van der Waals surface area contributed by atoms with Crippen LogP contribution in [0, 0.1) is 6.92 Å². The van der Waals surface area contributed by atoms with Crippen LogP contribution in [0.3, 0.4) is 0 Å². The van der Waals surface area contributed by atoms with Crippen molar-refractivity contribution in [2.45, 2.75) is 13.8 Å². The first-order chi connectivity index (χ1) is 14.5. The van der Waals surface area contributed by atoms with Gasteiger partial charge in [-0.1, -0.05) is 19.1 Å². The molecule has 2 heterocycles. The highest BCUT2D eigenvalue weighted by Gasteiger charge is 2.27. The number of hydrogen-bond donors (Lipinski definition) is 1. The zero-order chi connectivity index (χ0) is 21.1. The van der Waals surface area contributed by atoms with Crippen molar-refractivity contribution >= 4 is 28.9 Å². The van der Waals surface area contributed by atoms with Gasteiger partial charge < -0.3 is 19.9 Å². The molecule has 2 aromatic rings. The molecule has 0 saturated carbocycles. The Morgan fingerprint density at radius 2 is 1.83 bits per heavy atom. The Bertz CT molecular complexity index is 938. The summed E-state index contributed by atoms with van der Waals surface area (Å²) in [6.45, 7) is 9.43. The number of piperazine rings is 1. The SMILES string of the molecule is CCN1CCN(c2ccc(NC(=O)CN3C(=O)COc4ccccc43)cc2C)CC1. The minimum Gasteiger partial charge on any atom is -0.482 e. The van der Waals surface area contributed by atoms with Crippen LogP contribution in [0.15, 0.2) is 42.5 Å². The average molecular weight is 409 g/mol. The number of para-hydroxylation sites is 2.